The van der Waals surface area contributed by atoms with Gasteiger partial charge in [-0.25, -0.2) is 13.4 Å². The first-order valence-corrected chi connectivity index (χ1v) is 7.35. The highest BCUT2D eigenvalue weighted by molar-refractivity contribution is 7.91. The number of hydrogen-bond acceptors (Lipinski definition) is 4. The van der Waals surface area contributed by atoms with Gasteiger partial charge in [-0.3, -0.25) is 0 Å². The molecule has 1 atom stereocenters. The molecule has 0 spiro atoms. The highest BCUT2D eigenvalue weighted by atomic mass is 32.2. The highest BCUT2D eigenvalue weighted by Crippen LogP contribution is 2.12. The second-order valence-corrected chi connectivity index (χ2v) is 6.38. The maximum Gasteiger partial charge on any atom is 0.151 e. The van der Waals surface area contributed by atoms with Crippen LogP contribution in [-0.4, -0.2) is 35.5 Å². The maximum absolute atomic E-state index is 11.3. The fourth-order valence-electron chi connectivity index (χ4n) is 1.98. The molecule has 1 saturated heterocycles. The molecule has 2 rings (SSSR count). The van der Waals surface area contributed by atoms with Gasteiger partial charge in [-0.2, -0.15) is 0 Å². The molecule has 0 radical (unpaired) electrons. The number of nitrogens with one attached hydrogen (secondary N) is 1. The molecular weight excluding hydrogens is 226 g/mol. The van der Waals surface area contributed by atoms with E-state index in [1.54, 1.807) is 6.33 Å². The summed E-state index contributed by atoms with van der Waals surface area (Å²) in [5, 5.41) is 3.27. The quantitative estimate of drug-likeness (QED) is 0.819. The van der Waals surface area contributed by atoms with E-state index in [0.29, 0.717) is 12.3 Å². The number of imidazole rings is 1. The summed E-state index contributed by atoms with van der Waals surface area (Å²) in [6.45, 7) is 3.64. The molecule has 16 heavy (non-hydrogen) atoms. The topological polar surface area (TPSA) is 64.0 Å². The Bertz CT molecular complexity index is 452. The van der Waals surface area contributed by atoms with Gasteiger partial charge in [-0.1, -0.05) is 0 Å². The number of aromatic nitrogens is 2. The van der Waals surface area contributed by atoms with Gasteiger partial charge in [0.1, 0.15) is 0 Å². The number of sulfone groups is 1. The molecule has 2 heterocycles. The number of nitrogens with zero attached hydrogens (tertiary/aromatic N) is 2. The third-order valence-corrected chi connectivity index (χ3v) is 4.71. The van der Waals surface area contributed by atoms with Crippen LogP contribution in [0.15, 0.2) is 12.5 Å². The minimum atomic E-state index is -2.79. The summed E-state index contributed by atoms with van der Waals surface area (Å²) in [5.74, 6) is 0.588. The van der Waals surface area contributed by atoms with Crippen molar-refractivity contribution in [3.05, 3.63) is 18.2 Å². The summed E-state index contributed by atoms with van der Waals surface area (Å²) in [5.41, 5.74) is 1.10. The molecule has 0 amide bonds. The van der Waals surface area contributed by atoms with Crippen LogP contribution >= 0.6 is 0 Å². The van der Waals surface area contributed by atoms with E-state index in [-0.39, 0.29) is 11.8 Å². The van der Waals surface area contributed by atoms with Crippen LogP contribution < -0.4 is 5.32 Å². The van der Waals surface area contributed by atoms with Crippen molar-refractivity contribution in [2.24, 2.45) is 0 Å². The Balaban J connectivity index is 1.89. The van der Waals surface area contributed by atoms with Crippen LogP contribution in [0.4, 0.5) is 0 Å². The smallest absolute Gasteiger partial charge is 0.151 e. The van der Waals surface area contributed by atoms with Crippen molar-refractivity contribution in [2.45, 2.75) is 32.5 Å². The monoisotopic (exact) mass is 243 g/mol. The Labute approximate surface area is 95.8 Å². The van der Waals surface area contributed by atoms with Gasteiger partial charge in [0.25, 0.3) is 0 Å². The average Bonchev–Trinajstić information content (AvgIpc) is 2.81. The Morgan fingerprint density at radius 1 is 1.62 bits per heavy atom. The summed E-state index contributed by atoms with van der Waals surface area (Å²) in [6.07, 6.45) is 4.34. The lowest BCUT2D eigenvalue weighted by Gasteiger charge is -2.11. The van der Waals surface area contributed by atoms with Crippen molar-refractivity contribution < 1.29 is 8.42 Å². The van der Waals surface area contributed by atoms with Gasteiger partial charge < -0.3 is 9.88 Å². The van der Waals surface area contributed by atoms with Crippen LogP contribution in [-0.2, 0) is 22.9 Å². The molecule has 0 bridgehead atoms. The van der Waals surface area contributed by atoms with Crippen molar-refractivity contribution >= 4 is 9.84 Å². The summed E-state index contributed by atoms with van der Waals surface area (Å²) in [4.78, 5) is 4.07. The summed E-state index contributed by atoms with van der Waals surface area (Å²) in [6, 6.07) is 0.102. The molecule has 1 aliphatic rings. The highest BCUT2D eigenvalue weighted by Gasteiger charge is 2.27. The number of hydrogen-bond donors (Lipinski definition) is 1. The number of rotatable bonds is 4. The predicted molar refractivity (Wildman–Crippen MR) is 61.8 cm³/mol. The first kappa shape index (κ1) is 11.6. The van der Waals surface area contributed by atoms with Crippen molar-refractivity contribution in [2.75, 3.05) is 11.5 Å². The summed E-state index contributed by atoms with van der Waals surface area (Å²) in [7, 11) is -2.79. The van der Waals surface area contributed by atoms with Crippen molar-refractivity contribution in [3.8, 4) is 0 Å². The van der Waals surface area contributed by atoms with Crippen LogP contribution in [0.2, 0.25) is 0 Å². The molecule has 0 aromatic carbocycles. The van der Waals surface area contributed by atoms with E-state index in [2.05, 4.69) is 21.8 Å². The molecule has 1 aromatic rings. The van der Waals surface area contributed by atoms with E-state index >= 15 is 0 Å². The fraction of sp³-hybridized carbons (Fsp3) is 0.700. The first-order valence-electron chi connectivity index (χ1n) is 5.53. The van der Waals surface area contributed by atoms with Crippen LogP contribution in [0.1, 0.15) is 19.0 Å². The van der Waals surface area contributed by atoms with E-state index in [9.17, 15) is 8.42 Å². The summed E-state index contributed by atoms with van der Waals surface area (Å²) < 4.78 is 24.6. The molecule has 1 aromatic heterocycles. The maximum atomic E-state index is 11.3. The van der Waals surface area contributed by atoms with E-state index in [1.807, 2.05) is 6.20 Å². The molecule has 1 fully saturated rings. The lowest BCUT2D eigenvalue weighted by atomic mass is 10.2. The first-order chi connectivity index (χ1) is 7.61. The molecule has 0 aliphatic carbocycles. The SMILES string of the molecule is CCn1cncc1CNC1CCS(=O)(=O)C1. The van der Waals surface area contributed by atoms with Gasteiger partial charge in [0, 0.05) is 25.3 Å². The standard InChI is InChI=1S/C10H17N3O2S/c1-2-13-8-11-5-10(13)6-12-9-3-4-16(14,15)7-9/h5,8-9,12H,2-4,6-7H2,1H3. The molecule has 1 aliphatic heterocycles. The van der Waals surface area contributed by atoms with Crippen molar-refractivity contribution in [3.63, 3.8) is 0 Å². The zero-order chi connectivity index (χ0) is 11.6. The Kier molecular flexibility index (Phi) is 3.30. The zero-order valence-corrected chi connectivity index (χ0v) is 10.2. The lowest BCUT2D eigenvalue weighted by molar-refractivity contribution is 0.535. The van der Waals surface area contributed by atoms with Gasteiger partial charge in [0.05, 0.1) is 23.5 Å². The van der Waals surface area contributed by atoms with E-state index in [0.717, 1.165) is 18.7 Å². The second kappa shape index (κ2) is 4.55. The van der Waals surface area contributed by atoms with E-state index in [1.165, 1.54) is 0 Å². The molecule has 1 unspecified atom stereocenters. The largest absolute Gasteiger partial charge is 0.334 e. The Hall–Kier alpha value is -0.880. The molecule has 6 heteroatoms. The molecule has 90 valence electrons. The van der Waals surface area contributed by atoms with Crippen LogP contribution in [0, 0.1) is 0 Å². The van der Waals surface area contributed by atoms with E-state index in [4.69, 9.17) is 0 Å². The average molecular weight is 243 g/mol. The fourth-order valence-corrected chi connectivity index (χ4v) is 3.69. The van der Waals surface area contributed by atoms with Gasteiger partial charge in [-0.05, 0) is 13.3 Å². The molecule has 5 nitrogen and oxygen atoms in total. The molecule has 1 N–H and O–H groups in total. The molecular formula is C10H17N3O2S. The minimum absolute atomic E-state index is 0.102. The Morgan fingerprint density at radius 2 is 2.44 bits per heavy atom. The van der Waals surface area contributed by atoms with Gasteiger partial charge >= 0.3 is 0 Å². The Morgan fingerprint density at radius 3 is 3.06 bits per heavy atom. The summed E-state index contributed by atoms with van der Waals surface area (Å²) >= 11 is 0. The lowest BCUT2D eigenvalue weighted by Crippen LogP contribution is -2.30. The third kappa shape index (κ3) is 2.62. The minimum Gasteiger partial charge on any atom is -0.334 e. The van der Waals surface area contributed by atoms with Gasteiger partial charge in [0.15, 0.2) is 9.84 Å². The second-order valence-electron chi connectivity index (χ2n) is 4.15. The third-order valence-electron chi connectivity index (χ3n) is 2.94. The normalized spacial score (nSPS) is 23.7. The van der Waals surface area contributed by atoms with E-state index < -0.39 is 9.84 Å². The van der Waals surface area contributed by atoms with Gasteiger partial charge in [0.2, 0.25) is 0 Å². The predicted octanol–water partition coefficient (Wildman–Crippen LogP) is 0.180. The van der Waals surface area contributed by atoms with Crippen molar-refractivity contribution in [1.29, 1.82) is 0 Å². The van der Waals surface area contributed by atoms with Crippen LogP contribution in [0.25, 0.3) is 0 Å². The van der Waals surface area contributed by atoms with Crippen LogP contribution in [0.3, 0.4) is 0 Å². The molecule has 0 saturated carbocycles. The van der Waals surface area contributed by atoms with Crippen molar-refractivity contribution in [1.82, 2.24) is 14.9 Å². The number of aryl methyl sites for hydroxylation is 1. The zero-order valence-electron chi connectivity index (χ0n) is 9.39. The van der Waals surface area contributed by atoms with Crippen LogP contribution in [0.5, 0.6) is 0 Å². The van der Waals surface area contributed by atoms with Gasteiger partial charge in [-0.15, -0.1) is 0 Å².